The molecule has 1 aliphatic heterocycles. The fourth-order valence-electron chi connectivity index (χ4n) is 2.61. The smallest absolute Gasteiger partial charge is 0.222 e. The van der Waals surface area contributed by atoms with Gasteiger partial charge in [0.25, 0.3) is 0 Å². The molecule has 18 heavy (non-hydrogen) atoms. The Hall–Kier alpha value is -2.04. The zero-order chi connectivity index (χ0) is 12.5. The van der Waals surface area contributed by atoms with Gasteiger partial charge in [-0.3, -0.25) is 0 Å². The van der Waals surface area contributed by atoms with Gasteiger partial charge in [-0.1, -0.05) is 6.07 Å². The van der Waals surface area contributed by atoms with Crippen molar-refractivity contribution in [1.82, 2.24) is 9.97 Å². The molecule has 1 saturated heterocycles. The standard InChI is InChI=1S/C13H17N5/c14-12-11-9(16-13(15)17-12)5-4-6-10(11)18-7-2-1-3-8-18/h4-6H,1-3,7-8H2,(H4,14,15,16,17). The molecule has 1 aromatic carbocycles. The summed E-state index contributed by atoms with van der Waals surface area (Å²) in [6.45, 7) is 2.14. The van der Waals surface area contributed by atoms with Crippen LogP contribution >= 0.6 is 0 Å². The highest BCUT2D eigenvalue weighted by molar-refractivity contribution is 5.99. The molecule has 0 aliphatic carbocycles. The van der Waals surface area contributed by atoms with E-state index in [0.29, 0.717) is 5.82 Å². The first-order valence-electron chi connectivity index (χ1n) is 6.32. The number of piperidine rings is 1. The number of nitrogen functional groups attached to an aromatic ring is 2. The van der Waals surface area contributed by atoms with E-state index in [2.05, 4.69) is 20.9 Å². The van der Waals surface area contributed by atoms with E-state index in [1.165, 1.54) is 19.3 Å². The van der Waals surface area contributed by atoms with Gasteiger partial charge in [0.2, 0.25) is 5.95 Å². The third-order valence-corrected chi connectivity index (χ3v) is 3.44. The maximum Gasteiger partial charge on any atom is 0.222 e. The van der Waals surface area contributed by atoms with Gasteiger partial charge >= 0.3 is 0 Å². The zero-order valence-electron chi connectivity index (χ0n) is 10.3. The Morgan fingerprint density at radius 2 is 1.78 bits per heavy atom. The quantitative estimate of drug-likeness (QED) is 0.798. The lowest BCUT2D eigenvalue weighted by atomic mass is 10.1. The molecule has 5 nitrogen and oxygen atoms in total. The van der Waals surface area contributed by atoms with Crippen molar-refractivity contribution in [3.63, 3.8) is 0 Å². The van der Waals surface area contributed by atoms with Crippen LogP contribution in [0.3, 0.4) is 0 Å². The molecule has 3 rings (SSSR count). The summed E-state index contributed by atoms with van der Waals surface area (Å²) in [6.07, 6.45) is 3.76. The summed E-state index contributed by atoms with van der Waals surface area (Å²) >= 11 is 0. The monoisotopic (exact) mass is 243 g/mol. The molecule has 1 aliphatic rings. The highest BCUT2D eigenvalue weighted by Crippen LogP contribution is 2.31. The molecule has 0 unspecified atom stereocenters. The SMILES string of the molecule is Nc1nc(N)c2c(N3CCCCC3)cccc2n1. The predicted octanol–water partition coefficient (Wildman–Crippen LogP) is 1.78. The Morgan fingerprint density at radius 3 is 2.56 bits per heavy atom. The van der Waals surface area contributed by atoms with E-state index in [1.807, 2.05) is 12.1 Å². The first kappa shape index (κ1) is 11.1. The first-order valence-corrected chi connectivity index (χ1v) is 6.32. The van der Waals surface area contributed by atoms with Gasteiger partial charge in [-0.15, -0.1) is 0 Å². The van der Waals surface area contributed by atoms with Crippen LogP contribution < -0.4 is 16.4 Å². The molecular weight excluding hydrogens is 226 g/mol. The number of hydrogen-bond acceptors (Lipinski definition) is 5. The highest BCUT2D eigenvalue weighted by Gasteiger charge is 2.16. The van der Waals surface area contributed by atoms with Gasteiger partial charge in [0, 0.05) is 18.8 Å². The Bertz CT molecular complexity index is 575. The minimum absolute atomic E-state index is 0.232. The van der Waals surface area contributed by atoms with Crippen molar-refractivity contribution in [3.8, 4) is 0 Å². The molecule has 4 N–H and O–H groups in total. The molecule has 1 aromatic heterocycles. The van der Waals surface area contributed by atoms with Crippen molar-refractivity contribution in [1.29, 1.82) is 0 Å². The Labute approximate surface area is 106 Å². The number of rotatable bonds is 1. The molecular formula is C13H17N5. The molecule has 94 valence electrons. The number of nitrogens with two attached hydrogens (primary N) is 2. The fourth-order valence-corrected chi connectivity index (χ4v) is 2.61. The van der Waals surface area contributed by atoms with Crippen LogP contribution in [0.4, 0.5) is 17.5 Å². The second kappa shape index (κ2) is 4.33. The van der Waals surface area contributed by atoms with Gasteiger partial charge in [-0.05, 0) is 31.4 Å². The van der Waals surface area contributed by atoms with Crippen LogP contribution in [-0.4, -0.2) is 23.1 Å². The van der Waals surface area contributed by atoms with Crippen LogP contribution in [0.5, 0.6) is 0 Å². The Morgan fingerprint density at radius 1 is 1.00 bits per heavy atom. The second-order valence-corrected chi connectivity index (χ2v) is 4.69. The van der Waals surface area contributed by atoms with Crippen molar-refractivity contribution < 1.29 is 0 Å². The van der Waals surface area contributed by atoms with Crippen molar-refractivity contribution in [2.45, 2.75) is 19.3 Å². The predicted molar refractivity (Wildman–Crippen MR) is 74.4 cm³/mol. The van der Waals surface area contributed by atoms with Gasteiger partial charge in [-0.2, -0.15) is 4.98 Å². The molecule has 0 amide bonds. The van der Waals surface area contributed by atoms with E-state index >= 15 is 0 Å². The van der Waals surface area contributed by atoms with Crippen LogP contribution in [0, 0.1) is 0 Å². The van der Waals surface area contributed by atoms with E-state index < -0.39 is 0 Å². The maximum absolute atomic E-state index is 6.01. The van der Waals surface area contributed by atoms with Gasteiger partial charge < -0.3 is 16.4 Å². The van der Waals surface area contributed by atoms with Crippen LogP contribution in [-0.2, 0) is 0 Å². The van der Waals surface area contributed by atoms with Gasteiger partial charge in [0.05, 0.1) is 10.9 Å². The van der Waals surface area contributed by atoms with E-state index in [9.17, 15) is 0 Å². The molecule has 0 atom stereocenters. The summed E-state index contributed by atoms with van der Waals surface area (Å²) in [6, 6.07) is 6.01. The number of nitrogens with zero attached hydrogens (tertiary/aromatic N) is 3. The highest BCUT2D eigenvalue weighted by atomic mass is 15.1. The molecule has 0 spiro atoms. The van der Waals surface area contributed by atoms with E-state index in [0.717, 1.165) is 29.7 Å². The first-order chi connectivity index (χ1) is 8.75. The van der Waals surface area contributed by atoms with Gasteiger partial charge in [0.1, 0.15) is 5.82 Å². The Kier molecular flexibility index (Phi) is 2.66. The van der Waals surface area contributed by atoms with Crippen LogP contribution in [0.2, 0.25) is 0 Å². The fraction of sp³-hybridized carbons (Fsp3) is 0.385. The second-order valence-electron chi connectivity index (χ2n) is 4.69. The summed E-state index contributed by atoms with van der Waals surface area (Å²) in [7, 11) is 0. The third-order valence-electron chi connectivity index (χ3n) is 3.44. The van der Waals surface area contributed by atoms with Gasteiger partial charge in [-0.25, -0.2) is 4.98 Å². The lowest BCUT2D eigenvalue weighted by Crippen LogP contribution is -2.29. The summed E-state index contributed by atoms with van der Waals surface area (Å²) < 4.78 is 0. The van der Waals surface area contributed by atoms with Crippen LogP contribution in [0.15, 0.2) is 18.2 Å². The molecule has 5 heteroatoms. The molecule has 0 bridgehead atoms. The molecule has 2 heterocycles. The van der Waals surface area contributed by atoms with Crippen molar-refractivity contribution in [3.05, 3.63) is 18.2 Å². The summed E-state index contributed by atoms with van der Waals surface area (Å²) in [5.74, 6) is 0.703. The summed E-state index contributed by atoms with van der Waals surface area (Å²) in [4.78, 5) is 10.7. The average molecular weight is 243 g/mol. The Balaban J connectivity index is 2.16. The van der Waals surface area contributed by atoms with E-state index in [4.69, 9.17) is 11.5 Å². The average Bonchev–Trinajstić information content (AvgIpc) is 2.38. The van der Waals surface area contributed by atoms with E-state index in [1.54, 1.807) is 0 Å². The minimum atomic E-state index is 0.232. The molecule has 1 fully saturated rings. The lowest BCUT2D eigenvalue weighted by molar-refractivity contribution is 0.579. The number of anilines is 3. The largest absolute Gasteiger partial charge is 0.383 e. The van der Waals surface area contributed by atoms with Crippen LogP contribution in [0.25, 0.3) is 10.9 Å². The van der Waals surface area contributed by atoms with Crippen LogP contribution in [0.1, 0.15) is 19.3 Å². The van der Waals surface area contributed by atoms with Gasteiger partial charge in [0.15, 0.2) is 0 Å². The lowest BCUT2D eigenvalue weighted by Gasteiger charge is -2.29. The minimum Gasteiger partial charge on any atom is -0.383 e. The summed E-state index contributed by atoms with van der Waals surface area (Å²) in [5, 5.41) is 0.925. The maximum atomic E-state index is 6.01. The number of hydrogen-bond donors (Lipinski definition) is 2. The molecule has 0 saturated carbocycles. The third kappa shape index (κ3) is 1.81. The van der Waals surface area contributed by atoms with E-state index in [-0.39, 0.29) is 5.95 Å². The normalized spacial score (nSPS) is 16.1. The molecule has 0 radical (unpaired) electrons. The van der Waals surface area contributed by atoms with Crippen molar-refractivity contribution in [2.24, 2.45) is 0 Å². The van der Waals surface area contributed by atoms with Crippen molar-refractivity contribution in [2.75, 3.05) is 29.5 Å². The summed E-state index contributed by atoms with van der Waals surface area (Å²) in [5.41, 5.74) is 13.6. The topological polar surface area (TPSA) is 81.1 Å². The number of aromatic nitrogens is 2. The number of fused-ring (bicyclic) bond motifs is 1. The van der Waals surface area contributed by atoms with Crippen molar-refractivity contribution >= 4 is 28.4 Å². The number of benzene rings is 1. The molecule has 2 aromatic rings. The zero-order valence-corrected chi connectivity index (χ0v) is 10.3.